The Morgan fingerprint density at radius 3 is 1.96 bits per heavy atom. The number of fused-ring (bicyclic) bond motifs is 1. The minimum absolute atomic E-state index is 0.545. The van der Waals surface area contributed by atoms with Crippen molar-refractivity contribution < 1.29 is 13.6 Å². The Hall–Kier alpha value is -2.39. The Balaban J connectivity index is 1.70. The van der Waals surface area contributed by atoms with E-state index in [1.54, 1.807) is 0 Å². The molecule has 0 unspecified atom stereocenters. The van der Waals surface area contributed by atoms with Crippen molar-refractivity contribution in [3.63, 3.8) is 0 Å². The molecule has 2 aromatic carbocycles. The van der Waals surface area contributed by atoms with Gasteiger partial charge in [-0.3, -0.25) is 0 Å². The van der Waals surface area contributed by atoms with Crippen molar-refractivity contribution in [2.24, 2.45) is 0 Å². The topological polar surface area (TPSA) is 42.0 Å². The van der Waals surface area contributed by atoms with E-state index in [-0.39, 0.29) is 0 Å². The maximum atomic E-state index is 14.1. The molecular weight excluding hydrogens is 359 g/mol. The van der Waals surface area contributed by atoms with Gasteiger partial charge in [0, 0.05) is 19.6 Å². The van der Waals surface area contributed by atoms with Gasteiger partial charge in [0.2, 0.25) is 0 Å². The van der Waals surface area contributed by atoms with Crippen molar-refractivity contribution >= 4 is 7.75 Å². The molecule has 27 heavy (non-hydrogen) atoms. The summed E-state index contributed by atoms with van der Waals surface area (Å²) < 4.78 is 28.0. The Bertz CT molecular complexity index is 780. The molecule has 0 N–H and O–H groups in total. The molecule has 0 aromatic heterocycles. The smallest absolute Gasteiger partial charge is 0.400 e. The van der Waals surface area contributed by atoms with Crippen LogP contribution >= 0.6 is 7.75 Å². The van der Waals surface area contributed by atoms with Gasteiger partial charge in [-0.05, 0) is 56.0 Å². The number of rotatable bonds is 5. The number of benzene rings is 2. The minimum Gasteiger partial charge on any atom is -0.400 e. The zero-order chi connectivity index (χ0) is 18.5. The van der Waals surface area contributed by atoms with Crippen LogP contribution in [0.3, 0.4) is 0 Å². The van der Waals surface area contributed by atoms with E-state index in [4.69, 9.17) is 9.05 Å². The molecule has 2 aliphatic rings. The lowest BCUT2D eigenvalue weighted by Gasteiger charge is -2.41. The van der Waals surface area contributed by atoms with E-state index in [0.717, 1.165) is 44.6 Å². The predicted molar refractivity (Wildman–Crippen MR) is 107 cm³/mol. The first-order chi connectivity index (χ1) is 13.2. The number of nitrogens with zero attached hydrogens (tertiary/aromatic N) is 2. The molecule has 0 radical (unpaired) electrons. The van der Waals surface area contributed by atoms with Crippen LogP contribution in [0.25, 0.3) is 0 Å². The van der Waals surface area contributed by atoms with Crippen molar-refractivity contribution in [3.05, 3.63) is 72.6 Å². The lowest BCUT2D eigenvalue weighted by molar-refractivity contribution is 0.191. The molecule has 4 rings (SSSR count). The molecule has 1 fully saturated rings. The summed E-state index contributed by atoms with van der Waals surface area (Å²) in [6.07, 6.45) is 6.40. The molecule has 2 heterocycles. The van der Waals surface area contributed by atoms with Crippen molar-refractivity contribution in [1.82, 2.24) is 9.57 Å². The maximum absolute atomic E-state index is 14.1. The summed E-state index contributed by atoms with van der Waals surface area (Å²) in [7, 11) is -3.62. The Morgan fingerprint density at radius 2 is 1.33 bits per heavy atom. The number of hydrogen-bond donors (Lipinski definition) is 0. The second kappa shape index (κ2) is 8.10. The Labute approximate surface area is 160 Å². The third-order valence-electron chi connectivity index (χ3n) is 4.82. The number of para-hydroxylation sites is 2. The van der Waals surface area contributed by atoms with E-state index in [0.29, 0.717) is 18.0 Å². The van der Waals surface area contributed by atoms with E-state index in [1.165, 1.54) is 0 Å². The molecule has 5 nitrogen and oxygen atoms in total. The normalized spacial score (nSPS) is 17.6. The predicted octanol–water partition coefficient (Wildman–Crippen LogP) is 5.29. The van der Waals surface area contributed by atoms with Crippen LogP contribution in [0.2, 0.25) is 0 Å². The Morgan fingerprint density at radius 1 is 0.741 bits per heavy atom. The van der Waals surface area contributed by atoms with Crippen LogP contribution in [0.5, 0.6) is 11.5 Å². The summed E-state index contributed by atoms with van der Waals surface area (Å²) >= 11 is 0. The van der Waals surface area contributed by atoms with Crippen LogP contribution in [0, 0.1) is 0 Å². The zero-order valence-electron chi connectivity index (χ0n) is 15.4. The highest BCUT2D eigenvalue weighted by atomic mass is 31.2. The van der Waals surface area contributed by atoms with Crippen LogP contribution in [0.1, 0.15) is 25.7 Å². The first kappa shape index (κ1) is 18.0. The van der Waals surface area contributed by atoms with Crippen molar-refractivity contribution in [3.8, 4) is 11.5 Å². The molecule has 0 bridgehead atoms. The first-order valence-corrected chi connectivity index (χ1v) is 11.1. The van der Waals surface area contributed by atoms with Gasteiger partial charge >= 0.3 is 7.75 Å². The molecule has 0 aliphatic carbocycles. The molecule has 0 atom stereocenters. The van der Waals surface area contributed by atoms with Crippen LogP contribution < -0.4 is 9.05 Å². The fourth-order valence-corrected chi connectivity index (χ4v) is 5.39. The van der Waals surface area contributed by atoms with Gasteiger partial charge in [-0.2, -0.15) is 0 Å². The van der Waals surface area contributed by atoms with Gasteiger partial charge in [0.1, 0.15) is 17.3 Å². The standard InChI is InChI=1S/C21H25N2O3P/c24-27(25-19-11-4-1-5-12-19,26-20-13-6-2-7-14-20)23-18-10-17-22-16-9-3-8-15-21(22)23/h1-2,4-7,11-15H,3,8-10,16-18H2. The number of hydrogen-bond acceptors (Lipinski definition) is 4. The molecule has 0 spiro atoms. The average Bonchev–Trinajstić information content (AvgIpc) is 2.95. The van der Waals surface area contributed by atoms with Gasteiger partial charge in [-0.1, -0.05) is 36.4 Å². The average molecular weight is 384 g/mol. The second-order valence-corrected chi connectivity index (χ2v) is 8.58. The third-order valence-corrected chi connectivity index (χ3v) is 6.70. The van der Waals surface area contributed by atoms with Gasteiger partial charge in [0.15, 0.2) is 0 Å². The summed E-state index contributed by atoms with van der Waals surface area (Å²) in [4.78, 5) is 2.31. The largest absolute Gasteiger partial charge is 0.545 e. The summed E-state index contributed by atoms with van der Waals surface area (Å²) in [5.41, 5.74) is 0. The lowest BCUT2D eigenvalue weighted by Crippen LogP contribution is -2.42. The van der Waals surface area contributed by atoms with E-state index < -0.39 is 7.75 Å². The van der Waals surface area contributed by atoms with Crippen LogP contribution in [0.15, 0.2) is 72.6 Å². The molecule has 142 valence electrons. The summed E-state index contributed by atoms with van der Waals surface area (Å²) in [5.74, 6) is 2.07. The SMILES string of the molecule is O=P(Oc1ccccc1)(Oc1ccccc1)N1CCCN2CCCCC=C21. The van der Waals surface area contributed by atoms with Gasteiger partial charge in [-0.25, -0.2) is 9.24 Å². The highest BCUT2D eigenvalue weighted by Crippen LogP contribution is 2.55. The second-order valence-electron chi connectivity index (χ2n) is 6.80. The van der Waals surface area contributed by atoms with Crippen molar-refractivity contribution in [2.75, 3.05) is 19.6 Å². The molecule has 1 saturated heterocycles. The summed E-state index contributed by atoms with van der Waals surface area (Å²) in [6.45, 7) is 2.62. The van der Waals surface area contributed by atoms with Crippen molar-refractivity contribution in [1.29, 1.82) is 0 Å². The maximum Gasteiger partial charge on any atom is 0.545 e. The van der Waals surface area contributed by atoms with E-state index in [9.17, 15) is 4.57 Å². The van der Waals surface area contributed by atoms with Crippen LogP contribution in [-0.2, 0) is 4.57 Å². The highest BCUT2D eigenvalue weighted by Gasteiger charge is 2.42. The first-order valence-electron chi connectivity index (χ1n) is 9.57. The molecule has 2 aromatic rings. The zero-order valence-corrected chi connectivity index (χ0v) is 16.3. The third kappa shape index (κ3) is 4.14. The fraction of sp³-hybridized carbons (Fsp3) is 0.333. The minimum atomic E-state index is -3.62. The summed E-state index contributed by atoms with van der Waals surface area (Å²) in [6, 6.07) is 18.5. The quantitative estimate of drug-likeness (QED) is 0.656. The molecule has 6 heteroatoms. The molecule has 2 aliphatic heterocycles. The number of allylic oxidation sites excluding steroid dienone is 1. The van der Waals surface area contributed by atoms with E-state index in [2.05, 4.69) is 11.0 Å². The highest BCUT2D eigenvalue weighted by molar-refractivity contribution is 7.52. The lowest BCUT2D eigenvalue weighted by atomic mass is 10.2. The fourth-order valence-electron chi connectivity index (χ4n) is 3.54. The summed E-state index contributed by atoms with van der Waals surface area (Å²) in [5, 5.41) is 0. The van der Waals surface area contributed by atoms with Gasteiger partial charge in [0.05, 0.1) is 0 Å². The van der Waals surface area contributed by atoms with Gasteiger partial charge in [-0.15, -0.1) is 0 Å². The van der Waals surface area contributed by atoms with Crippen LogP contribution in [-0.4, -0.2) is 29.2 Å². The molecule has 0 amide bonds. The van der Waals surface area contributed by atoms with E-state index >= 15 is 0 Å². The van der Waals surface area contributed by atoms with Crippen LogP contribution in [0.4, 0.5) is 0 Å². The van der Waals surface area contributed by atoms with E-state index in [1.807, 2.05) is 65.3 Å². The van der Waals surface area contributed by atoms with Gasteiger partial charge in [0.25, 0.3) is 0 Å². The monoisotopic (exact) mass is 384 g/mol. The van der Waals surface area contributed by atoms with Crippen molar-refractivity contribution in [2.45, 2.75) is 25.7 Å². The Kier molecular flexibility index (Phi) is 5.40. The molecule has 0 saturated carbocycles. The molecular formula is C21H25N2O3P. The van der Waals surface area contributed by atoms with Gasteiger partial charge < -0.3 is 13.9 Å².